The van der Waals surface area contributed by atoms with Crippen LogP contribution in [0.5, 0.6) is 5.75 Å². The molecule has 1 aromatic carbocycles. The highest BCUT2D eigenvalue weighted by molar-refractivity contribution is 5.78. The minimum absolute atomic E-state index is 0.0332. The summed E-state index contributed by atoms with van der Waals surface area (Å²) in [5, 5.41) is 6.92. The average molecular weight is 345 g/mol. The molecule has 1 amide bonds. The van der Waals surface area contributed by atoms with Crippen LogP contribution in [0, 0.1) is 0 Å². The van der Waals surface area contributed by atoms with Gasteiger partial charge in [-0.25, -0.2) is 0 Å². The Hall–Kier alpha value is -2.34. The molecule has 6 nitrogen and oxygen atoms in total. The molecule has 0 spiro atoms. The molecule has 25 heavy (non-hydrogen) atoms. The van der Waals surface area contributed by atoms with Gasteiger partial charge < -0.3 is 19.5 Å². The number of ether oxygens (including phenoxy) is 1. The van der Waals surface area contributed by atoms with Crippen LogP contribution in [0.3, 0.4) is 0 Å². The lowest BCUT2D eigenvalue weighted by Gasteiger charge is -2.17. The molecule has 0 atom stereocenters. The van der Waals surface area contributed by atoms with Crippen molar-refractivity contribution in [1.82, 2.24) is 15.4 Å². The van der Waals surface area contributed by atoms with Gasteiger partial charge in [0.1, 0.15) is 5.75 Å². The average Bonchev–Trinajstić information content (AvgIpc) is 3.10. The molecular formula is C19H27N3O3. The van der Waals surface area contributed by atoms with E-state index >= 15 is 0 Å². The molecule has 0 aliphatic carbocycles. The van der Waals surface area contributed by atoms with E-state index in [1.807, 2.05) is 24.3 Å². The van der Waals surface area contributed by atoms with E-state index in [-0.39, 0.29) is 12.3 Å². The third-order valence-electron chi connectivity index (χ3n) is 4.14. The number of methoxy groups -OCH3 is 1. The lowest BCUT2D eigenvalue weighted by Crippen LogP contribution is -2.30. The Morgan fingerprint density at radius 1 is 1.24 bits per heavy atom. The van der Waals surface area contributed by atoms with Crippen LogP contribution in [0.25, 0.3) is 11.3 Å². The zero-order chi connectivity index (χ0) is 18.1. The van der Waals surface area contributed by atoms with E-state index < -0.39 is 0 Å². The molecule has 0 radical (unpaired) electrons. The molecule has 1 heterocycles. The van der Waals surface area contributed by atoms with Crippen molar-refractivity contribution >= 4 is 5.91 Å². The maximum Gasteiger partial charge on any atom is 0.226 e. The zero-order valence-electron chi connectivity index (χ0n) is 15.2. The summed E-state index contributed by atoms with van der Waals surface area (Å²) in [6, 6.07) is 9.32. The van der Waals surface area contributed by atoms with Crippen LogP contribution < -0.4 is 10.1 Å². The number of hydrogen-bond donors (Lipinski definition) is 1. The smallest absolute Gasteiger partial charge is 0.226 e. The van der Waals surface area contributed by atoms with Gasteiger partial charge in [-0.05, 0) is 50.3 Å². The molecule has 0 saturated carbocycles. The number of carbonyl (C=O) groups is 1. The van der Waals surface area contributed by atoms with Gasteiger partial charge in [-0.2, -0.15) is 0 Å². The summed E-state index contributed by atoms with van der Waals surface area (Å²) in [7, 11) is 1.63. The maximum atomic E-state index is 12.0. The Balaban J connectivity index is 1.79. The second-order valence-corrected chi connectivity index (χ2v) is 5.82. The molecule has 0 saturated heterocycles. The Morgan fingerprint density at radius 3 is 2.60 bits per heavy atom. The molecule has 0 aliphatic heterocycles. The predicted molar refractivity (Wildman–Crippen MR) is 97.6 cm³/mol. The van der Waals surface area contributed by atoms with Crippen LogP contribution in [0.4, 0.5) is 0 Å². The van der Waals surface area contributed by atoms with E-state index in [1.54, 1.807) is 13.2 Å². The highest BCUT2D eigenvalue weighted by Gasteiger charge is 2.11. The van der Waals surface area contributed by atoms with E-state index in [2.05, 4.69) is 29.2 Å². The largest absolute Gasteiger partial charge is 0.497 e. The van der Waals surface area contributed by atoms with Gasteiger partial charge in [-0.3, -0.25) is 4.79 Å². The van der Waals surface area contributed by atoms with E-state index in [9.17, 15) is 4.79 Å². The molecule has 0 aliphatic rings. The summed E-state index contributed by atoms with van der Waals surface area (Å²) in [6.45, 7) is 8.05. The summed E-state index contributed by atoms with van der Waals surface area (Å²) in [5.41, 5.74) is 1.53. The SMILES string of the molecule is CCN(CC)CCCNC(=O)Cc1cc(-c2ccc(OC)cc2)on1. The minimum atomic E-state index is -0.0332. The van der Waals surface area contributed by atoms with Crippen molar-refractivity contribution in [2.45, 2.75) is 26.7 Å². The van der Waals surface area contributed by atoms with Gasteiger partial charge in [0.25, 0.3) is 0 Å². The summed E-state index contributed by atoms with van der Waals surface area (Å²) in [5.74, 6) is 1.40. The van der Waals surface area contributed by atoms with Crippen molar-refractivity contribution in [3.05, 3.63) is 36.0 Å². The number of benzene rings is 1. The first-order chi connectivity index (χ1) is 12.2. The molecule has 6 heteroatoms. The van der Waals surface area contributed by atoms with Crippen LogP contribution in [-0.2, 0) is 11.2 Å². The quantitative estimate of drug-likeness (QED) is 0.671. The van der Waals surface area contributed by atoms with E-state index in [4.69, 9.17) is 9.26 Å². The Bertz CT molecular complexity index is 648. The van der Waals surface area contributed by atoms with E-state index in [1.165, 1.54) is 0 Å². The summed E-state index contributed by atoms with van der Waals surface area (Å²) >= 11 is 0. The number of hydrogen-bond acceptors (Lipinski definition) is 5. The van der Waals surface area contributed by atoms with Crippen LogP contribution in [0.15, 0.2) is 34.9 Å². The first-order valence-electron chi connectivity index (χ1n) is 8.75. The molecule has 1 N–H and O–H groups in total. The molecule has 136 valence electrons. The van der Waals surface area contributed by atoms with E-state index in [0.29, 0.717) is 18.0 Å². The third kappa shape index (κ3) is 5.90. The fourth-order valence-corrected chi connectivity index (χ4v) is 2.58. The van der Waals surface area contributed by atoms with Gasteiger partial charge >= 0.3 is 0 Å². The second-order valence-electron chi connectivity index (χ2n) is 5.82. The number of carbonyl (C=O) groups excluding carboxylic acids is 1. The predicted octanol–water partition coefficient (Wildman–Crippen LogP) is 2.74. The van der Waals surface area contributed by atoms with Gasteiger partial charge in [0, 0.05) is 18.2 Å². The van der Waals surface area contributed by atoms with Crippen molar-refractivity contribution in [2.24, 2.45) is 0 Å². The maximum absolute atomic E-state index is 12.0. The standard InChI is InChI=1S/C19H27N3O3/c1-4-22(5-2)12-6-11-20-19(23)14-16-13-18(25-21-16)15-7-9-17(24-3)10-8-15/h7-10,13H,4-6,11-12,14H2,1-3H3,(H,20,23). The van der Waals surface area contributed by atoms with Crippen molar-refractivity contribution in [3.63, 3.8) is 0 Å². The van der Waals surface area contributed by atoms with E-state index in [0.717, 1.165) is 37.4 Å². The van der Waals surface area contributed by atoms with Gasteiger partial charge in [0.05, 0.1) is 19.2 Å². The first kappa shape index (κ1) is 19.0. The molecule has 2 rings (SSSR count). The van der Waals surface area contributed by atoms with Gasteiger partial charge in [-0.1, -0.05) is 19.0 Å². The fourth-order valence-electron chi connectivity index (χ4n) is 2.58. The van der Waals surface area contributed by atoms with Crippen LogP contribution >= 0.6 is 0 Å². The highest BCUT2D eigenvalue weighted by Crippen LogP contribution is 2.23. The highest BCUT2D eigenvalue weighted by atomic mass is 16.5. The molecule has 2 aromatic rings. The Morgan fingerprint density at radius 2 is 1.96 bits per heavy atom. The lowest BCUT2D eigenvalue weighted by molar-refractivity contribution is -0.120. The molecular weight excluding hydrogens is 318 g/mol. The van der Waals surface area contributed by atoms with Crippen molar-refractivity contribution in [2.75, 3.05) is 33.3 Å². The molecule has 0 unspecified atom stereocenters. The normalized spacial score (nSPS) is 10.9. The third-order valence-corrected chi connectivity index (χ3v) is 4.14. The van der Waals surface area contributed by atoms with Crippen LogP contribution in [0.1, 0.15) is 26.0 Å². The Labute approximate surface area is 149 Å². The van der Waals surface area contributed by atoms with Crippen LogP contribution in [-0.4, -0.2) is 49.3 Å². The molecule has 0 fully saturated rings. The van der Waals surface area contributed by atoms with Crippen molar-refractivity contribution < 1.29 is 14.1 Å². The van der Waals surface area contributed by atoms with Gasteiger partial charge in [0.2, 0.25) is 5.91 Å². The molecule has 1 aromatic heterocycles. The number of amides is 1. The Kier molecular flexibility index (Phi) is 7.47. The monoisotopic (exact) mass is 345 g/mol. The summed E-state index contributed by atoms with van der Waals surface area (Å²) < 4.78 is 10.5. The summed E-state index contributed by atoms with van der Waals surface area (Å²) in [6.07, 6.45) is 1.17. The zero-order valence-corrected chi connectivity index (χ0v) is 15.2. The van der Waals surface area contributed by atoms with Gasteiger partial charge in [0.15, 0.2) is 5.76 Å². The number of nitrogens with zero attached hydrogens (tertiary/aromatic N) is 2. The topological polar surface area (TPSA) is 67.6 Å². The van der Waals surface area contributed by atoms with Crippen molar-refractivity contribution in [3.8, 4) is 17.1 Å². The molecule has 0 bridgehead atoms. The lowest BCUT2D eigenvalue weighted by atomic mass is 10.1. The van der Waals surface area contributed by atoms with Gasteiger partial charge in [-0.15, -0.1) is 0 Å². The second kappa shape index (κ2) is 9.84. The van der Waals surface area contributed by atoms with Crippen LogP contribution in [0.2, 0.25) is 0 Å². The minimum Gasteiger partial charge on any atom is -0.497 e. The summed E-state index contributed by atoms with van der Waals surface area (Å²) in [4.78, 5) is 14.3. The fraction of sp³-hybridized carbons (Fsp3) is 0.474. The van der Waals surface area contributed by atoms with Crippen molar-refractivity contribution in [1.29, 1.82) is 0 Å². The number of rotatable bonds is 10. The number of nitrogens with one attached hydrogen (secondary N) is 1. The first-order valence-corrected chi connectivity index (χ1v) is 8.75. The number of aromatic nitrogens is 1.